The quantitative estimate of drug-likeness (QED) is 0.621. The van der Waals surface area contributed by atoms with Crippen molar-refractivity contribution in [1.29, 1.82) is 0 Å². The van der Waals surface area contributed by atoms with Gasteiger partial charge in [0.15, 0.2) is 0 Å². The van der Waals surface area contributed by atoms with E-state index in [1.54, 1.807) is 25.1 Å². The van der Waals surface area contributed by atoms with Crippen LogP contribution in [0.15, 0.2) is 40.8 Å². The molecule has 27 heavy (non-hydrogen) atoms. The van der Waals surface area contributed by atoms with E-state index >= 15 is 0 Å². The largest absolute Gasteiger partial charge is 0.420 e. The first-order chi connectivity index (χ1) is 12.9. The lowest BCUT2D eigenvalue weighted by Crippen LogP contribution is -2.18. The van der Waals surface area contributed by atoms with Gasteiger partial charge in [-0.25, -0.2) is 9.24 Å². The predicted molar refractivity (Wildman–Crippen MR) is 100 cm³/mol. The molecule has 2 atom stereocenters. The summed E-state index contributed by atoms with van der Waals surface area (Å²) in [6.07, 6.45) is -0.351. The number of nitrogens with zero attached hydrogens (tertiary/aromatic N) is 3. The van der Waals surface area contributed by atoms with Crippen molar-refractivity contribution in [2.45, 2.75) is 32.3 Å². The average Bonchev–Trinajstić information content (AvgIpc) is 3.12. The highest BCUT2D eigenvalue weighted by molar-refractivity contribution is 6.34. The third-order valence-corrected chi connectivity index (χ3v) is 4.93. The lowest BCUT2D eigenvalue weighted by Gasteiger charge is -2.18. The smallest absolute Gasteiger partial charge is 0.247 e. The van der Waals surface area contributed by atoms with Gasteiger partial charge in [0.2, 0.25) is 17.5 Å². The van der Waals surface area contributed by atoms with E-state index in [-0.39, 0.29) is 11.8 Å². The maximum absolute atomic E-state index is 13.4. The number of hydrogen-bond donors (Lipinski definition) is 1. The predicted octanol–water partition coefficient (Wildman–Crippen LogP) is 5.10. The highest BCUT2D eigenvalue weighted by Crippen LogP contribution is 2.34. The second kappa shape index (κ2) is 7.87. The zero-order valence-electron chi connectivity index (χ0n) is 14.8. The highest BCUT2D eigenvalue weighted by atomic mass is 35.5. The van der Waals surface area contributed by atoms with Gasteiger partial charge in [-0.1, -0.05) is 29.8 Å². The summed E-state index contributed by atoms with van der Waals surface area (Å²) in [5, 5.41) is 18.7. The van der Waals surface area contributed by atoms with Crippen molar-refractivity contribution >= 4 is 17.3 Å². The molecule has 0 bridgehead atoms. The van der Waals surface area contributed by atoms with Gasteiger partial charge in [0.1, 0.15) is 5.82 Å². The Hall–Kier alpha value is -2.75. The van der Waals surface area contributed by atoms with Crippen molar-refractivity contribution in [1.82, 2.24) is 10.2 Å². The monoisotopic (exact) mass is 385 g/mol. The molecule has 1 N–H and O–H groups in total. The first-order valence-electron chi connectivity index (χ1n) is 8.33. The molecule has 0 radical (unpaired) electrons. The molecule has 138 valence electrons. The van der Waals surface area contributed by atoms with Crippen molar-refractivity contribution in [3.05, 3.63) is 75.7 Å². The summed E-state index contributed by atoms with van der Waals surface area (Å²) in [4.78, 5) is 3.39. The van der Waals surface area contributed by atoms with E-state index in [0.29, 0.717) is 22.7 Å². The summed E-state index contributed by atoms with van der Waals surface area (Å²) >= 11 is 6.24. The van der Waals surface area contributed by atoms with Gasteiger partial charge < -0.3 is 9.52 Å². The van der Waals surface area contributed by atoms with Crippen LogP contribution in [-0.4, -0.2) is 21.4 Å². The lowest BCUT2D eigenvalue weighted by atomic mass is 9.92. The topological polar surface area (TPSA) is 63.5 Å². The summed E-state index contributed by atoms with van der Waals surface area (Å²) in [5.74, 6) is -0.417. The molecule has 7 heteroatoms. The van der Waals surface area contributed by atoms with Crippen LogP contribution >= 0.6 is 11.6 Å². The van der Waals surface area contributed by atoms with Crippen molar-refractivity contribution in [2.24, 2.45) is 0 Å². The maximum Gasteiger partial charge on any atom is 0.247 e. The minimum Gasteiger partial charge on any atom is -0.420 e. The van der Waals surface area contributed by atoms with E-state index in [4.69, 9.17) is 22.6 Å². The van der Waals surface area contributed by atoms with Crippen molar-refractivity contribution in [3.8, 4) is 11.5 Å². The Balaban J connectivity index is 1.92. The van der Waals surface area contributed by atoms with Crippen LogP contribution in [0.3, 0.4) is 0 Å². The molecule has 5 nitrogen and oxygen atoms in total. The third kappa shape index (κ3) is 4.00. The number of aliphatic hydroxyl groups is 1. The Morgan fingerprint density at radius 3 is 2.74 bits per heavy atom. The minimum absolute atomic E-state index is 0.188. The van der Waals surface area contributed by atoms with Gasteiger partial charge in [-0.3, -0.25) is 0 Å². The SMILES string of the molecule is [C-]#[N+]c1ccc(C[C@@H](c2nnc(-c3cccc(F)c3)o2)[C@H](C)O)c(C)c1Cl. The van der Waals surface area contributed by atoms with E-state index in [0.717, 1.165) is 11.1 Å². The van der Waals surface area contributed by atoms with Gasteiger partial charge in [0.05, 0.1) is 23.6 Å². The number of rotatable bonds is 5. The van der Waals surface area contributed by atoms with Crippen molar-refractivity contribution in [2.75, 3.05) is 0 Å². The van der Waals surface area contributed by atoms with Crippen LogP contribution in [0.4, 0.5) is 10.1 Å². The van der Waals surface area contributed by atoms with Crippen LogP contribution in [0.1, 0.15) is 29.9 Å². The Morgan fingerprint density at radius 2 is 2.07 bits per heavy atom. The zero-order valence-corrected chi connectivity index (χ0v) is 15.5. The number of benzene rings is 2. The highest BCUT2D eigenvalue weighted by Gasteiger charge is 2.26. The number of hydrogen-bond acceptors (Lipinski definition) is 4. The molecule has 0 fully saturated rings. The summed E-state index contributed by atoms with van der Waals surface area (Å²) in [6, 6.07) is 9.34. The molecule has 0 spiro atoms. The molecule has 3 aromatic rings. The van der Waals surface area contributed by atoms with E-state index in [1.807, 2.05) is 13.0 Å². The molecule has 0 aliphatic rings. The summed E-state index contributed by atoms with van der Waals surface area (Å²) in [7, 11) is 0. The molecule has 0 saturated carbocycles. The van der Waals surface area contributed by atoms with Gasteiger partial charge in [-0.15, -0.1) is 10.2 Å². The molecule has 1 heterocycles. The number of halogens is 2. The van der Waals surface area contributed by atoms with Crippen molar-refractivity contribution < 1.29 is 13.9 Å². The third-order valence-electron chi connectivity index (χ3n) is 4.45. The van der Waals surface area contributed by atoms with Gasteiger partial charge in [0.25, 0.3) is 0 Å². The molecule has 3 rings (SSSR count). The van der Waals surface area contributed by atoms with Crippen LogP contribution in [0.5, 0.6) is 0 Å². The van der Waals surface area contributed by atoms with E-state index in [9.17, 15) is 9.50 Å². The summed E-state index contributed by atoms with van der Waals surface area (Å²) < 4.78 is 19.1. The molecule has 0 aliphatic carbocycles. The molecule has 1 aromatic heterocycles. The number of aromatic nitrogens is 2. The van der Waals surface area contributed by atoms with Crippen LogP contribution in [-0.2, 0) is 6.42 Å². The molecular weight excluding hydrogens is 369 g/mol. The van der Waals surface area contributed by atoms with Crippen LogP contribution in [0.2, 0.25) is 5.02 Å². The first-order valence-corrected chi connectivity index (χ1v) is 8.71. The van der Waals surface area contributed by atoms with Crippen LogP contribution < -0.4 is 0 Å². The second-order valence-electron chi connectivity index (χ2n) is 6.30. The summed E-state index contributed by atoms with van der Waals surface area (Å²) in [5.41, 5.74) is 2.51. The zero-order chi connectivity index (χ0) is 19.6. The Bertz CT molecular complexity index is 1010. The maximum atomic E-state index is 13.4. The van der Waals surface area contributed by atoms with E-state index in [1.165, 1.54) is 12.1 Å². The standard InChI is InChI=1S/C20H17ClFN3O2/c1-11-13(7-8-17(23-3)18(11)21)10-16(12(2)26)20-25-24-19(27-20)14-5-4-6-15(22)9-14/h4-9,12,16,26H,10H2,1-2H3/t12-,16+/m0/s1. The minimum atomic E-state index is -0.760. The second-order valence-corrected chi connectivity index (χ2v) is 6.68. The fourth-order valence-corrected chi connectivity index (χ4v) is 3.07. The fraction of sp³-hybridized carbons (Fsp3) is 0.250. The van der Waals surface area contributed by atoms with Gasteiger partial charge in [0, 0.05) is 5.56 Å². The molecule has 0 aliphatic heterocycles. The molecular formula is C20H17ClFN3O2. The Morgan fingerprint density at radius 1 is 1.30 bits per heavy atom. The molecule has 2 aromatic carbocycles. The van der Waals surface area contributed by atoms with E-state index < -0.39 is 17.8 Å². The Labute approximate surface area is 161 Å². The first kappa shape index (κ1) is 19.0. The van der Waals surface area contributed by atoms with Gasteiger partial charge >= 0.3 is 0 Å². The van der Waals surface area contributed by atoms with Crippen LogP contribution in [0, 0.1) is 19.3 Å². The number of aliphatic hydroxyl groups excluding tert-OH is 1. The fourth-order valence-electron chi connectivity index (χ4n) is 2.84. The Kier molecular flexibility index (Phi) is 5.54. The molecule has 0 saturated heterocycles. The molecule has 0 amide bonds. The van der Waals surface area contributed by atoms with E-state index in [2.05, 4.69) is 15.0 Å². The van der Waals surface area contributed by atoms with Crippen LogP contribution in [0.25, 0.3) is 16.3 Å². The summed E-state index contributed by atoms with van der Waals surface area (Å²) in [6.45, 7) is 10.6. The van der Waals surface area contributed by atoms with Crippen molar-refractivity contribution in [3.63, 3.8) is 0 Å². The molecule has 0 unspecified atom stereocenters. The average molecular weight is 386 g/mol. The van der Waals surface area contributed by atoms with Gasteiger partial charge in [-0.2, -0.15) is 0 Å². The van der Waals surface area contributed by atoms with Gasteiger partial charge in [-0.05, 0) is 49.6 Å². The lowest BCUT2D eigenvalue weighted by molar-refractivity contribution is 0.148. The normalized spacial score (nSPS) is 13.2.